The topological polar surface area (TPSA) is 92.8 Å². The average Bonchev–Trinajstić information content (AvgIpc) is 3.08. The Morgan fingerprint density at radius 2 is 1.67 bits per heavy atom. The lowest BCUT2D eigenvalue weighted by Crippen LogP contribution is -2.52. The van der Waals surface area contributed by atoms with Gasteiger partial charge in [0.05, 0.1) is 10.4 Å². The first kappa shape index (κ1) is 20.3. The average molecular weight is 433 g/mol. The smallest absolute Gasteiger partial charge is 0.408 e. The molecule has 30 heavy (non-hydrogen) atoms. The Balaban J connectivity index is 1.48. The maximum Gasteiger partial charge on any atom is 0.420 e. The van der Waals surface area contributed by atoms with Crippen LogP contribution in [0.5, 0.6) is 0 Å². The lowest BCUT2D eigenvalue weighted by atomic mass is 10.2. The zero-order valence-corrected chi connectivity index (χ0v) is 17.0. The van der Waals surface area contributed by atoms with Crippen molar-refractivity contribution in [3.05, 3.63) is 64.9 Å². The first-order valence-corrected chi connectivity index (χ1v) is 10.9. The third-order valence-electron chi connectivity index (χ3n) is 5.27. The fourth-order valence-corrected chi connectivity index (χ4v) is 5.05. The summed E-state index contributed by atoms with van der Waals surface area (Å²) in [6.45, 7) is 2.22. The summed E-state index contributed by atoms with van der Waals surface area (Å²) in [6, 6.07) is 10.7. The number of aromatic nitrogens is 1. The van der Waals surface area contributed by atoms with Crippen LogP contribution in [-0.2, 0) is 14.8 Å². The third kappa shape index (κ3) is 3.52. The highest BCUT2D eigenvalue weighted by Gasteiger charge is 2.32. The summed E-state index contributed by atoms with van der Waals surface area (Å²) in [6.07, 6.45) is 0. The van der Waals surface area contributed by atoms with Crippen molar-refractivity contribution in [2.75, 3.05) is 26.2 Å². The van der Waals surface area contributed by atoms with E-state index in [2.05, 4.69) is 0 Å². The highest BCUT2D eigenvalue weighted by Crippen LogP contribution is 2.21. The molecule has 0 N–H and O–H groups in total. The number of hydrogen-bond donors (Lipinski definition) is 0. The van der Waals surface area contributed by atoms with Gasteiger partial charge in [0.2, 0.25) is 15.9 Å². The minimum Gasteiger partial charge on any atom is -0.408 e. The molecule has 4 rings (SSSR count). The Morgan fingerprint density at radius 3 is 2.33 bits per heavy atom. The lowest BCUT2D eigenvalue weighted by Gasteiger charge is -2.35. The van der Waals surface area contributed by atoms with E-state index >= 15 is 0 Å². The van der Waals surface area contributed by atoms with Crippen LogP contribution in [0, 0.1) is 5.82 Å². The van der Waals surface area contributed by atoms with E-state index in [1.54, 1.807) is 31.2 Å². The molecular formula is C20H20FN3O5S. The standard InChI is InChI=1S/C20H20FN3O5S/c1-14(24-17-4-2-3-5-18(17)29-20(24)26)19(25)22-10-12-23(13-11-22)30(27,28)16-8-6-15(21)7-9-16/h2-9,14H,10-13H2,1H3. The molecule has 0 spiro atoms. The van der Waals surface area contributed by atoms with Gasteiger partial charge in [-0.3, -0.25) is 9.36 Å². The van der Waals surface area contributed by atoms with Gasteiger partial charge in [-0.05, 0) is 43.3 Å². The maximum atomic E-state index is 13.1. The van der Waals surface area contributed by atoms with Crippen LogP contribution in [-0.4, -0.2) is 54.3 Å². The molecular weight excluding hydrogens is 413 g/mol. The molecule has 10 heteroatoms. The normalized spacial score (nSPS) is 16.7. The van der Waals surface area contributed by atoms with E-state index in [0.29, 0.717) is 11.1 Å². The molecule has 1 atom stereocenters. The van der Waals surface area contributed by atoms with Crippen LogP contribution in [0.3, 0.4) is 0 Å². The van der Waals surface area contributed by atoms with Gasteiger partial charge in [-0.15, -0.1) is 0 Å². The van der Waals surface area contributed by atoms with Gasteiger partial charge in [0.25, 0.3) is 0 Å². The van der Waals surface area contributed by atoms with Crippen molar-refractivity contribution in [1.29, 1.82) is 0 Å². The van der Waals surface area contributed by atoms with Crippen LogP contribution < -0.4 is 5.76 Å². The Hall–Kier alpha value is -2.98. The van der Waals surface area contributed by atoms with Crippen LogP contribution >= 0.6 is 0 Å². The van der Waals surface area contributed by atoms with Gasteiger partial charge in [0.15, 0.2) is 5.58 Å². The predicted octanol–water partition coefficient (Wildman–Crippen LogP) is 1.83. The molecule has 1 fully saturated rings. The van der Waals surface area contributed by atoms with Crippen LogP contribution in [0.2, 0.25) is 0 Å². The second-order valence-electron chi connectivity index (χ2n) is 7.06. The molecule has 8 nitrogen and oxygen atoms in total. The van der Waals surface area contributed by atoms with E-state index in [4.69, 9.17) is 4.42 Å². The Morgan fingerprint density at radius 1 is 1.03 bits per heavy atom. The van der Waals surface area contributed by atoms with Crippen molar-refractivity contribution in [1.82, 2.24) is 13.8 Å². The van der Waals surface area contributed by atoms with E-state index in [0.717, 1.165) is 12.1 Å². The van der Waals surface area contributed by atoms with Crippen molar-refractivity contribution < 1.29 is 22.0 Å². The summed E-state index contributed by atoms with van der Waals surface area (Å²) in [5, 5.41) is 0. The number of fused-ring (bicyclic) bond motifs is 1. The van der Waals surface area contributed by atoms with E-state index in [-0.39, 0.29) is 37.0 Å². The Kier molecular flexibility index (Phi) is 5.20. The number of piperazine rings is 1. The van der Waals surface area contributed by atoms with E-state index < -0.39 is 27.6 Å². The lowest BCUT2D eigenvalue weighted by molar-refractivity contribution is -0.135. The van der Waals surface area contributed by atoms with Crippen LogP contribution in [0.4, 0.5) is 4.39 Å². The van der Waals surface area contributed by atoms with Gasteiger partial charge in [-0.1, -0.05) is 12.1 Å². The highest BCUT2D eigenvalue weighted by molar-refractivity contribution is 7.89. The number of amides is 1. The van der Waals surface area contributed by atoms with E-state index in [9.17, 15) is 22.4 Å². The second kappa shape index (κ2) is 7.69. The van der Waals surface area contributed by atoms with Gasteiger partial charge in [0, 0.05) is 26.2 Å². The fourth-order valence-electron chi connectivity index (χ4n) is 3.63. The quantitative estimate of drug-likeness (QED) is 0.626. The van der Waals surface area contributed by atoms with Crippen molar-refractivity contribution in [2.24, 2.45) is 0 Å². The number of carbonyl (C=O) groups excluding carboxylic acids is 1. The summed E-state index contributed by atoms with van der Waals surface area (Å²) >= 11 is 0. The number of hydrogen-bond acceptors (Lipinski definition) is 5. The van der Waals surface area contributed by atoms with Gasteiger partial charge < -0.3 is 9.32 Å². The molecule has 1 unspecified atom stereocenters. The highest BCUT2D eigenvalue weighted by atomic mass is 32.2. The first-order chi connectivity index (χ1) is 14.3. The molecule has 158 valence electrons. The monoisotopic (exact) mass is 433 g/mol. The van der Waals surface area contributed by atoms with Gasteiger partial charge in [0.1, 0.15) is 11.9 Å². The van der Waals surface area contributed by atoms with Crippen molar-refractivity contribution in [2.45, 2.75) is 17.9 Å². The molecule has 0 aliphatic carbocycles. The van der Waals surface area contributed by atoms with Gasteiger partial charge in [-0.25, -0.2) is 17.6 Å². The molecule has 0 bridgehead atoms. The zero-order chi connectivity index (χ0) is 21.5. The van der Waals surface area contributed by atoms with Crippen molar-refractivity contribution in [3.8, 4) is 0 Å². The number of rotatable bonds is 4. The van der Waals surface area contributed by atoms with Crippen molar-refractivity contribution >= 4 is 27.0 Å². The molecule has 1 saturated heterocycles. The molecule has 0 saturated carbocycles. The summed E-state index contributed by atoms with van der Waals surface area (Å²) in [7, 11) is -3.77. The van der Waals surface area contributed by atoms with Gasteiger partial charge in [-0.2, -0.15) is 4.31 Å². The number of nitrogens with zero attached hydrogens (tertiary/aromatic N) is 3. The molecule has 1 amide bonds. The molecule has 3 aromatic rings. The minimum absolute atomic E-state index is 0.00784. The SMILES string of the molecule is CC(C(=O)N1CCN(S(=O)(=O)c2ccc(F)cc2)CC1)n1c(=O)oc2ccccc21. The largest absolute Gasteiger partial charge is 0.420 e. The van der Waals surface area contributed by atoms with E-state index in [1.165, 1.54) is 25.9 Å². The summed E-state index contributed by atoms with van der Waals surface area (Å²) in [5.41, 5.74) is 0.929. The van der Waals surface area contributed by atoms with Crippen LogP contribution in [0.25, 0.3) is 11.1 Å². The first-order valence-electron chi connectivity index (χ1n) is 9.43. The Labute approximate surface area is 172 Å². The second-order valence-corrected chi connectivity index (χ2v) is 9.00. The van der Waals surface area contributed by atoms with E-state index in [1.807, 2.05) is 0 Å². The summed E-state index contributed by atoms with van der Waals surface area (Å²) in [4.78, 5) is 26.8. The minimum atomic E-state index is -3.77. The number of sulfonamides is 1. The fraction of sp³-hybridized carbons (Fsp3) is 0.300. The number of benzene rings is 2. The van der Waals surface area contributed by atoms with Crippen LogP contribution in [0.1, 0.15) is 13.0 Å². The zero-order valence-electron chi connectivity index (χ0n) is 16.2. The maximum absolute atomic E-state index is 13.1. The molecule has 2 aromatic carbocycles. The third-order valence-corrected chi connectivity index (χ3v) is 7.18. The number of oxazole rings is 1. The molecule has 1 aromatic heterocycles. The van der Waals surface area contributed by atoms with Crippen molar-refractivity contribution in [3.63, 3.8) is 0 Å². The Bertz CT molecular complexity index is 1240. The molecule has 0 radical (unpaired) electrons. The summed E-state index contributed by atoms with van der Waals surface area (Å²) in [5.74, 6) is -1.42. The molecule has 2 heterocycles. The number of carbonyl (C=O) groups is 1. The number of para-hydroxylation sites is 2. The van der Waals surface area contributed by atoms with Crippen LogP contribution in [0.15, 0.2) is 62.6 Å². The molecule has 1 aliphatic heterocycles. The van der Waals surface area contributed by atoms with Gasteiger partial charge >= 0.3 is 5.76 Å². The molecule has 1 aliphatic rings. The number of halogens is 1. The predicted molar refractivity (Wildman–Crippen MR) is 107 cm³/mol. The summed E-state index contributed by atoms with van der Waals surface area (Å²) < 4.78 is 46.3.